The van der Waals surface area contributed by atoms with Crippen molar-refractivity contribution in [2.45, 2.75) is 46.5 Å². The van der Waals surface area contributed by atoms with Gasteiger partial charge in [0.1, 0.15) is 12.1 Å². The topological polar surface area (TPSA) is 47.4 Å². The maximum absolute atomic E-state index is 6.24. The molecule has 3 atom stereocenters. The van der Waals surface area contributed by atoms with Crippen LogP contribution >= 0.6 is 0 Å². The van der Waals surface area contributed by atoms with E-state index < -0.39 is 0 Å². The van der Waals surface area contributed by atoms with E-state index in [1.807, 2.05) is 20.1 Å². The standard InChI is InChI=1S/C23H25N3O/c1-14-20(15(2)26-13-25-14)16-8-9-18-17(11-16)22(4)21(3,12-27-18)23(22,5)19-7-6-10-24-19/h7-11,13H,6,12H2,1-5H3/t21-,22+,23+/m0/s1. The minimum atomic E-state index is -0.0197. The van der Waals surface area contributed by atoms with Crippen LogP contribution in [0.4, 0.5) is 0 Å². The van der Waals surface area contributed by atoms with Crippen molar-refractivity contribution in [3.05, 3.63) is 53.3 Å². The SMILES string of the molecule is Cc1ncnc(C)c1-c1ccc2c(c1)[C@]1(C)[C@](C)(CO2)[C@@]1(C)C1=CCC=N1. The Hall–Kier alpha value is -2.49. The van der Waals surface area contributed by atoms with Gasteiger partial charge in [-0.25, -0.2) is 9.97 Å². The third-order valence-electron chi connectivity index (χ3n) is 7.85. The number of fused-ring (bicyclic) bond motifs is 3. The minimum Gasteiger partial charge on any atom is -0.493 e. The lowest BCUT2D eigenvalue weighted by molar-refractivity contribution is 0.193. The van der Waals surface area contributed by atoms with Crippen molar-refractivity contribution in [2.75, 3.05) is 6.61 Å². The summed E-state index contributed by atoms with van der Waals surface area (Å²) in [6, 6.07) is 6.55. The predicted octanol–water partition coefficient (Wildman–Crippen LogP) is 4.80. The van der Waals surface area contributed by atoms with Crippen molar-refractivity contribution < 1.29 is 4.74 Å². The number of ether oxygens (including phenoxy) is 1. The molecule has 0 spiro atoms. The molecule has 138 valence electrons. The molecule has 2 aromatic rings. The molecule has 1 fully saturated rings. The first-order chi connectivity index (χ1) is 12.8. The molecule has 1 aliphatic carbocycles. The van der Waals surface area contributed by atoms with E-state index in [2.05, 4.69) is 55.0 Å². The van der Waals surface area contributed by atoms with Crippen molar-refractivity contribution in [2.24, 2.45) is 15.8 Å². The van der Waals surface area contributed by atoms with Crippen LogP contribution in [0.25, 0.3) is 11.1 Å². The van der Waals surface area contributed by atoms with E-state index in [-0.39, 0.29) is 16.2 Å². The van der Waals surface area contributed by atoms with Crippen LogP contribution in [0, 0.1) is 24.7 Å². The number of rotatable bonds is 2. The van der Waals surface area contributed by atoms with Gasteiger partial charge in [-0.1, -0.05) is 32.9 Å². The molecule has 2 aliphatic heterocycles. The molecule has 0 amide bonds. The van der Waals surface area contributed by atoms with Crippen molar-refractivity contribution in [1.29, 1.82) is 0 Å². The quantitative estimate of drug-likeness (QED) is 0.774. The van der Waals surface area contributed by atoms with Crippen LogP contribution in [-0.2, 0) is 5.41 Å². The molecule has 27 heavy (non-hydrogen) atoms. The summed E-state index contributed by atoms with van der Waals surface area (Å²) in [7, 11) is 0. The molecule has 3 aliphatic rings. The average molecular weight is 359 g/mol. The Labute approximate surface area is 160 Å². The first-order valence-electron chi connectivity index (χ1n) is 9.63. The molecular formula is C23H25N3O. The van der Waals surface area contributed by atoms with Gasteiger partial charge in [-0.3, -0.25) is 4.99 Å². The molecule has 0 unspecified atom stereocenters. The van der Waals surface area contributed by atoms with Crippen molar-refractivity contribution in [3.63, 3.8) is 0 Å². The fourth-order valence-electron chi connectivity index (χ4n) is 5.75. The Kier molecular flexibility index (Phi) is 3.12. The lowest BCUT2D eigenvalue weighted by atomic mass is 9.83. The van der Waals surface area contributed by atoms with Gasteiger partial charge in [0.05, 0.1) is 6.61 Å². The third-order valence-corrected chi connectivity index (χ3v) is 7.85. The number of aliphatic imine (C=N–C) groups is 1. The monoisotopic (exact) mass is 359 g/mol. The molecule has 5 rings (SSSR count). The summed E-state index contributed by atoms with van der Waals surface area (Å²) in [5.74, 6) is 0.997. The molecule has 0 bridgehead atoms. The van der Waals surface area contributed by atoms with E-state index in [0.717, 1.165) is 41.3 Å². The van der Waals surface area contributed by atoms with Gasteiger partial charge in [-0.15, -0.1) is 0 Å². The van der Waals surface area contributed by atoms with E-state index in [0.29, 0.717) is 0 Å². The molecule has 0 radical (unpaired) electrons. The number of aryl methyl sites for hydroxylation is 2. The van der Waals surface area contributed by atoms with Crippen LogP contribution in [0.5, 0.6) is 5.75 Å². The van der Waals surface area contributed by atoms with Gasteiger partial charge in [-0.05, 0) is 31.5 Å². The molecule has 3 heterocycles. The number of aromatic nitrogens is 2. The predicted molar refractivity (Wildman–Crippen MR) is 107 cm³/mol. The number of nitrogens with zero attached hydrogens (tertiary/aromatic N) is 3. The summed E-state index contributed by atoms with van der Waals surface area (Å²) in [4.78, 5) is 13.5. The third kappa shape index (κ3) is 1.76. The number of allylic oxidation sites excluding steroid dienone is 2. The van der Waals surface area contributed by atoms with Crippen LogP contribution in [0.15, 0.2) is 41.3 Å². The van der Waals surface area contributed by atoms with Crippen LogP contribution < -0.4 is 4.74 Å². The molecular weight excluding hydrogens is 334 g/mol. The highest BCUT2D eigenvalue weighted by molar-refractivity contribution is 5.73. The lowest BCUT2D eigenvalue weighted by Gasteiger charge is -2.28. The molecule has 1 aromatic carbocycles. The van der Waals surface area contributed by atoms with Gasteiger partial charge < -0.3 is 4.74 Å². The van der Waals surface area contributed by atoms with Crippen LogP contribution in [0.1, 0.15) is 44.1 Å². The Morgan fingerprint density at radius 2 is 1.74 bits per heavy atom. The van der Waals surface area contributed by atoms with Gasteiger partial charge in [0.2, 0.25) is 0 Å². The average Bonchev–Trinajstić information content (AvgIpc) is 3.04. The highest BCUT2D eigenvalue weighted by Gasteiger charge is 2.83. The second-order valence-corrected chi connectivity index (χ2v) is 8.64. The summed E-state index contributed by atoms with van der Waals surface area (Å²) in [5, 5.41) is 0. The van der Waals surface area contributed by atoms with Gasteiger partial charge in [0.15, 0.2) is 0 Å². The van der Waals surface area contributed by atoms with Crippen LogP contribution in [0.3, 0.4) is 0 Å². The van der Waals surface area contributed by atoms with E-state index in [9.17, 15) is 0 Å². The van der Waals surface area contributed by atoms with E-state index in [1.54, 1.807) is 6.33 Å². The first kappa shape index (κ1) is 16.7. The fraction of sp³-hybridized carbons (Fsp3) is 0.435. The Morgan fingerprint density at radius 1 is 1.00 bits per heavy atom. The largest absolute Gasteiger partial charge is 0.493 e. The smallest absolute Gasteiger partial charge is 0.123 e. The zero-order valence-electron chi connectivity index (χ0n) is 16.6. The van der Waals surface area contributed by atoms with Gasteiger partial charge in [0.25, 0.3) is 0 Å². The van der Waals surface area contributed by atoms with Crippen LogP contribution in [0.2, 0.25) is 0 Å². The molecule has 4 heteroatoms. The highest BCUT2D eigenvalue weighted by Crippen LogP contribution is 2.83. The van der Waals surface area contributed by atoms with Gasteiger partial charge in [0, 0.05) is 57.1 Å². The highest BCUT2D eigenvalue weighted by atomic mass is 16.5. The molecule has 4 nitrogen and oxygen atoms in total. The second kappa shape index (κ2) is 5.06. The van der Waals surface area contributed by atoms with Crippen molar-refractivity contribution >= 4 is 6.21 Å². The number of hydrogen-bond donors (Lipinski definition) is 0. The van der Waals surface area contributed by atoms with Crippen molar-refractivity contribution in [1.82, 2.24) is 9.97 Å². The van der Waals surface area contributed by atoms with Gasteiger partial charge in [-0.2, -0.15) is 0 Å². The summed E-state index contributed by atoms with van der Waals surface area (Å²) in [5.41, 5.74) is 6.81. The Morgan fingerprint density at radius 3 is 2.41 bits per heavy atom. The Bertz CT molecular complexity index is 1020. The second-order valence-electron chi connectivity index (χ2n) is 8.64. The Balaban J connectivity index is 1.70. The zero-order chi connectivity index (χ0) is 19.0. The van der Waals surface area contributed by atoms with E-state index in [4.69, 9.17) is 9.73 Å². The maximum atomic E-state index is 6.24. The van der Waals surface area contributed by atoms with E-state index in [1.165, 1.54) is 11.3 Å². The minimum absolute atomic E-state index is 0.00540. The fourth-order valence-corrected chi connectivity index (χ4v) is 5.75. The number of benzene rings is 1. The first-order valence-corrected chi connectivity index (χ1v) is 9.63. The van der Waals surface area contributed by atoms with Gasteiger partial charge >= 0.3 is 0 Å². The summed E-state index contributed by atoms with van der Waals surface area (Å²) in [6.07, 6.45) is 6.86. The zero-order valence-corrected chi connectivity index (χ0v) is 16.6. The molecule has 1 aromatic heterocycles. The normalized spacial score (nSPS) is 33.1. The summed E-state index contributed by atoms with van der Waals surface area (Å²) in [6.45, 7) is 11.9. The molecule has 0 saturated heterocycles. The summed E-state index contributed by atoms with van der Waals surface area (Å²) >= 11 is 0. The lowest BCUT2D eigenvalue weighted by Crippen LogP contribution is -2.25. The maximum Gasteiger partial charge on any atom is 0.123 e. The summed E-state index contributed by atoms with van der Waals surface area (Å²) < 4.78 is 6.24. The van der Waals surface area contributed by atoms with Crippen molar-refractivity contribution in [3.8, 4) is 16.9 Å². The molecule has 0 N–H and O–H groups in total. The molecule has 1 saturated carbocycles. The van der Waals surface area contributed by atoms with Crippen LogP contribution in [-0.4, -0.2) is 22.8 Å². The van der Waals surface area contributed by atoms with E-state index >= 15 is 0 Å². The number of hydrogen-bond acceptors (Lipinski definition) is 4.